The summed E-state index contributed by atoms with van der Waals surface area (Å²) in [4.78, 5) is 0. The maximum Gasteiger partial charge on any atom is 0.102 e. The minimum Gasteiger partial charge on any atom is -0.192 e. The summed E-state index contributed by atoms with van der Waals surface area (Å²) in [5.74, 6) is 0. The molecule has 0 amide bonds. The smallest absolute Gasteiger partial charge is 0.102 e. The summed E-state index contributed by atoms with van der Waals surface area (Å²) in [5, 5.41) is 27.0. The number of hydrogen-bond acceptors (Lipinski definition) is 3. The average molecular weight is 229 g/mol. The van der Waals surface area contributed by atoms with Gasteiger partial charge in [-0.25, -0.2) is 0 Å². The van der Waals surface area contributed by atoms with E-state index in [1.54, 1.807) is 12.1 Å². The van der Waals surface area contributed by atoms with Crippen molar-refractivity contribution in [1.29, 1.82) is 15.8 Å². The van der Waals surface area contributed by atoms with E-state index in [-0.39, 0.29) is 16.7 Å². The Morgan fingerprint density at radius 1 is 0.667 bits per heavy atom. The van der Waals surface area contributed by atoms with Crippen molar-refractivity contribution in [2.45, 2.75) is 0 Å². The molecule has 0 heterocycles. The van der Waals surface area contributed by atoms with Gasteiger partial charge in [-0.15, -0.1) is 0 Å². The molecule has 0 aromatic heterocycles. The second kappa shape index (κ2) is 4.83. The van der Waals surface area contributed by atoms with Crippen molar-refractivity contribution in [3.05, 3.63) is 59.2 Å². The van der Waals surface area contributed by atoms with Crippen LogP contribution in [0.4, 0.5) is 0 Å². The minimum absolute atomic E-state index is 0.139. The van der Waals surface area contributed by atoms with Crippen LogP contribution in [-0.4, -0.2) is 0 Å². The van der Waals surface area contributed by atoms with E-state index in [2.05, 4.69) is 0 Å². The topological polar surface area (TPSA) is 71.4 Å². The molecule has 0 unspecified atom stereocenters. The van der Waals surface area contributed by atoms with Crippen molar-refractivity contribution in [2.24, 2.45) is 0 Å². The first-order chi connectivity index (χ1) is 8.80. The predicted molar refractivity (Wildman–Crippen MR) is 66.0 cm³/mol. The molecule has 0 radical (unpaired) electrons. The second-order valence-corrected chi connectivity index (χ2v) is 3.65. The standard InChI is InChI=1S/C15H7N3/c16-8-13-6-12(11-4-2-1-3-5-11)7-14(9-17)15(13)10-18/h1-7H. The molecule has 3 heteroatoms. The molecular formula is C15H7N3. The molecule has 2 rings (SSSR count). The Balaban J connectivity index is 2.72. The number of benzene rings is 2. The average Bonchev–Trinajstić information content (AvgIpc) is 2.46. The van der Waals surface area contributed by atoms with E-state index in [1.807, 2.05) is 48.5 Å². The van der Waals surface area contributed by atoms with Gasteiger partial charge in [0.2, 0.25) is 0 Å². The van der Waals surface area contributed by atoms with Crippen LogP contribution in [0.3, 0.4) is 0 Å². The van der Waals surface area contributed by atoms with Crippen molar-refractivity contribution in [3.63, 3.8) is 0 Å². The summed E-state index contributed by atoms with van der Waals surface area (Å²) in [6.07, 6.45) is 0. The van der Waals surface area contributed by atoms with E-state index in [0.717, 1.165) is 11.1 Å². The molecule has 18 heavy (non-hydrogen) atoms. The fourth-order valence-electron chi connectivity index (χ4n) is 1.74. The van der Waals surface area contributed by atoms with Crippen molar-refractivity contribution in [3.8, 4) is 29.3 Å². The highest BCUT2D eigenvalue weighted by atomic mass is 14.3. The molecule has 0 spiro atoms. The predicted octanol–water partition coefficient (Wildman–Crippen LogP) is 2.97. The Bertz CT molecular complexity index is 675. The highest BCUT2D eigenvalue weighted by molar-refractivity contribution is 5.71. The number of nitriles is 3. The van der Waals surface area contributed by atoms with Crippen molar-refractivity contribution >= 4 is 0 Å². The number of rotatable bonds is 1. The molecule has 0 atom stereocenters. The zero-order chi connectivity index (χ0) is 13.0. The van der Waals surface area contributed by atoms with E-state index in [1.165, 1.54) is 0 Å². The zero-order valence-electron chi connectivity index (χ0n) is 9.38. The van der Waals surface area contributed by atoms with E-state index in [4.69, 9.17) is 15.8 Å². The lowest BCUT2D eigenvalue weighted by Crippen LogP contribution is -1.91. The quantitative estimate of drug-likeness (QED) is 0.754. The van der Waals surface area contributed by atoms with Gasteiger partial charge in [-0.05, 0) is 23.3 Å². The van der Waals surface area contributed by atoms with E-state index < -0.39 is 0 Å². The van der Waals surface area contributed by atoms with E-state index >= 15 is 0 Å². The van der Waals surface area contributed by atoms with Gasteiger partial charge in [0.15, 0.2) is 0 Å². The van der Waals surface area contributed by atoms with Crippen molar-refractivity contribution in [2.75, 3.05) is 0 Å². The minimum atomic E-state index is 0.139. The first-order valence-electron chi connectivity index (χ1n) is 5.24. The Morgan fingerprint density at radius 3 is 1.67 bits per heavy atom. The van der Waals surface area contributed by atoms with Gasteiger partial charge in [-0.2, -0.15) is 15.8 Å². The summed E-state index contributed by atoms with van der Waals surface area (Å²) in [5.41, 5.74) is 2.28. The van der Waals surface area contributed by atoms with E-state index in [0.29, 0.717) is 0 Å². The van der Waals surface area contributed by atoms with Gasteiger partial charge in [-0.1, -0.05) is 30.3 Å². The van der Waals surface area contributed by atoms with Gasteiger partial charge in [0.1, 0.15) is 18.2 Å². The van der Waals surface area contributed by atoms with Gasteiger partial charge < -0.3 is 0 Å². The molecule has 2 aromatic rings. The fourth-order valence-corrected chi connectivity index (χ4v) is 1.74. The molecule has 0 fully saturated rings. The maximum atomic E-state index is 9.03. The van der Waals surface area contributed by atoms with Crippen LogP contribution in [0.25, 0.3) is 11.1 Å². The first kappa shape index (κ1) is 11.4. The fraction of sp³-hybridized carbons (Fsp3) is 0. The molecule has 0 aliphatic heterocycles. The van der Waals surface area contributed by atoms with Crippen LogP contribution in [0.2, 0.25) is 0 Å². The highest BCUT2D eigenvalue weighted by Gasteiger charge is 2.11. The Kier molecular flexibility index (Phi) is 3.06. The first-order valence-corrected chi connectivity index (χ1v) is 5.24. The Morgan fingerprint density at radius 2 is 1.22 bits per heavy atom. The largest absolute Gasteiger partial charge is 0.192 e. The molecule has 0 saturated carbocycles. The molecule has 0 saturated heterocycles. The van der Waals surface area contributed by atoms with Gasteiger partial charge in [0.05, 0.1) is 16.7 Å². The third kappa shape index (κ3) is 1.92. The summed E-state index contributed by atoms with van der Waals surface area (Å²) in [6.45, 7) is 0. The van der Waals surface area contributed by atoms with Gasteiger partial charge >= 0.3 is 0 Å². The number of hydrogen-bond donors (Lipinski definition) is 0. The second-order valence-electron chi connectivity index (χ2n) is 3.65. The van der Waals surface area contributed by atoms with Gasteiger partial charge in [-0.3, -0.25) is 0 Å². The molecule has 0 aliphatic carbocycles. The molecular weight excluding hydrogens is 222 g/mol. The molecule has 2 aromatic carbocycles. The molecule has 0 N–H and O–H groups in total. The Hall–Kier alpha value is -3.09. The van der Waals surface area contributed by atoms with Crippen LogP contribution in [0, 0.1) is 34.0 Å². The molecule has 82 valence electrons. The molecule has 0 aliphatic rings. The summed E-state index contributed by atoms with van der Waals surface area (Å²) >= 11 is 0. The maximum absolute atomic E-state index is 9.03. The summed E-state index contributed by atoms with van der Waals surface area (Å²) < 4.78 is 0. The van der Waals surface area contributed by atoms with Crippen LogP contribution in [-0.2, 0) is 0 Å². The lowest BCUT2D eigenvalue weighted by molar-refractivity contribution is 1.39. The van der Waals surface area contributed by atoms with Crippen LogP contribution in [0.5, 0.6) is 0 Å². The zero-order valence-corrected chi connectivity index (χ0v) is 9.38. The van der Waals surface area contributed by atoms with Crippen LogP contribution in [0.15, 0.2) is 42.5 Å². The third-order valence-corrected chi connectivity index (χ3v) is 2.60. The van der Waals surface area contributed by atoms with E-state index in [9.17, 15) is 0 Å². The summed E-state index contributed by atoms with van der Waals surface area (Å²) in [7, 11) is 0. The van der Waals surface area contributed by atoms with Crippen molar-refractivity contribution < 1.29 is 0 Å². The van der Waals surface area contributed by atoms with Gasteiger partial charge in [0.25, 0.3) is 0 Å². The summed E-state index contributed by atoms with van der Waals surface area (Å²) in [6, 6.07) is 18.5. The van der Waals surface area contributed by atoms with Crippen LogP contribution < -0.4 is 0 Å². The van der Waals surface area contributed by atoms with Crippen LogP contribution >= 0.6 is 0 Å². The van der Waals surface area contributed by atoms with Crippen LogP contribution in [0.1, 0.15) is 16.7 Å². The normalized spacial score (nSPS) is 8.94. The highest BCUT2D eigenvalue weighted by Crippen LogP contribution is 2.24. The van der Waals surface area contributed by atoms with Crippen molar-refractivity contribution in [1.82, 2.24) is 0 Å². The third-order valence-electron chi connectivity index (χ3n) is 2.60. The lowest BCUT2D eigenvalue weighted by atomic mass is 9.96. The number of nitrogens with zero attached hydrogens (tertiary/aromatic N) is 3. The molecule has 0 bridgehead atoms. The SMILES string of the molecule is N#Cc1cc(-c2ccccc2)cc(C#N)c1C#N. The molecule has 3 nitrogen and oxygen atoms in total. The monoisotopic (exact) mass is 229 g/mol. The lowest BCUT2D eigenvalue weighted by Gasteiger charge is -2.04. The van der Waals surface area contributed by atoms with Gasteiger partial charge in [0, 0.05) is 0 Å². The Labute approximate surface area is 105 Å².